The fourth-order valence-corrected chi connectivity index (χ4v) is 3.12. The highest BCUT2D eigenvalue weighted by Crippen LogP contribution is 2.30. The minimum absolute atomic E-state index is 0.424. The highest BCUT2D eigenvalue weighted by Gasteiger charge is 2.37. The van der Waals surface area contributed by atoms with E-state index in [1.807, 2.05) is 68.0 Å². The summed E-state index contributed by atoms with van der Waals surface area (Å²) in [6.07, 6.45) is 1.49. The zero-order valence-corrected chi connectivity index (χ0v) is 16.4. The number of nitrogens with zero attached hydrogens (tertiary/aromatic N) is 3. The molecule has 2 atom stereocenters. The molecule has 7 heteroatoms. The van der Waals surface area contributed by atoms with Crippen LogP contribution in [0.25, 0.3) is 0 Å². The average Bonchev–Trinajstić information content (AvgIpc) is 3.27. The van der Waals surface area contributed by atoms with E-state index in [2.05, 4.69) is 15.6 Å². The average molecular weight is 370 g/mol. The Balaban J connectivity index is 1.78. The van der Waals surface area contributed by atoms with Crippen molar-refractivity contribution < 1.29 is 14.0 Å². The number of nitrogens with one attached hydrogen (secondary N) is 1. The maximum absolute atomic E-state index is 5.83. The van der Waals surface area contributed by atoms with Gasteiger partial charge in [0.25, 0.3) is 0 Å². The fraction of sp³-hybridized carbons (Fsp3) is 0.400. The van der Waals surface area contributed by atoms with E-state index in [1.54, 1.807) is 14.2 Å². The number of hydrogen-bond acceptors (Lipinski definition) is 6. The Morgan fingerprint density at radius 3 is 2.52 bits per heavy atom. The molecule has 0 saturated carbocycles. The largest absolute Gasteiger partial charge is 0.369 e. The standard InChI is InChI=1S/C20H26N4O3/c1-14-17(15(2)27-23-14)13-24-12-11-18(22-24)21-19(25-4)20(3,26-5)16-9-7-6-8-10-16/h6-12,19H,13H2,1-5H3,(H,21,22). The van der Waals surface area contributed by atoms with Crippen molar-refractivity contribution in [1.82, 2.24) is 14.9 Å². The molecular weight excluding hydrogens is 344 g/mol. The lowest BCUT2D eigenvalue weighted by Gasteiger charge is -2.36. The molecule has 0 aliphatic rings. The summed E-state index contributed by atoms with van der Waals surface area (Å²) in [5.41, 5.74) is 2.26. The number of rotatable bonds is 8. The molecule has 3 rings (SSSR count). The van der Waals surface area contributed by atoms with Gasteiger partial charge in [-0.05, 0) is 26.3 Å². The lowest BCUT2D eigenvalue weighted by atomic mass is 9.93. The number of anilines is 1. The molecule has 0 radical (unpaired) electrons. The van der Waals surface area contributed by atoms with Gasteiger partial charge in [-0.2, -0.15) is 5.10 Å². The molecule has 7 nitrogen and oxygen atoms in total. The highest BCUT2D eigenvalue weighted by atomic mass is 16.5. The van der Waals surface area contributed by atoms with Crippen molar-refractivity contribution >= 4 is 5.82 Å². The fourth-order valence-electron chi connectivity index (χ4n) is 3.12. The summed E-state index contributed by atoms with van der Waals surface area (Å²) in [7, 11) is 3.33. The Kier molecular flexibility index (Phi) is 5.62. The Hall–Kier alpha value is -2.64. The van der Waals surface area contributed by atoms with Crippen LogP contribution in [0.4, 0.5) is 5.82 Å². The summed E-state index contributed by atoms with van der Waals surface area (Å²) in [6, 6.07) is 11.9. The van der Waals surface area contributed by atoms with E-state index in [4.69, 9.17) is 14.0 Å². The van der Waals surface area contributed by atoms with Gasteiger partial charge in [0.1, 0.15) is 17.2 Å². The zero-order chi connectivity index (χ0) is 19.4. The van der Waals surface area contributed by atoms with Crippen LogP contribution in [0.15, 0.2) is 47.1 Å². The Morgan fingerprint density at radius 1 is 1.19 bits per heavy atom. The molecule has 2 aromatic heterocycles. The predicted octanol–water partition coefficient (Wildman–Crippen LogP) is 3.48. The van der Waals surface area contributed by atoms with Gasteiger partial charge in [-0.25, -0.2) is 0 Å². The molecule has 2 unspecified atom stereocenters. The summed E-state index contributed by atoms with van der Waals surface area (Å²) >= 11 is 0. The van der Waals surface area contributed by atoms with Crippen molar-refractivity contribution in [1.29, 1.82) is 0 Å². The molecule has 0 aliphatic heterocycles. The zero-order valence-electron chi connectivity index (χ0n) is 16.4. The minimum Gasteiger partial charge on any atom is -0.369 e. The Morgan fingerprint density at radius 2 is 1.93 bits per heavy atom. The first-order chi connectivity index (χ1) is 13.0. The van der Waals surface area contributed by atoms with E-state index >= 15 is 0 Å². The van der Waals surface area contributed by atoms with E-state index in [0.717, 1.165) is 22.6 Å². The van der Waals surface area contributed by atoms with E-state index in [9.17, 15) is 0 Å². The molecule has 0 spiro atoms. The number of ether oxygens (including phenoxy) is 2. The number of aromatic nitrogens is 3. The maximum atomic E-state index is 5.83. The summed E-state index contributed by atoms with van der Waals surface area (Å²) in [5.74, 6) is 1.51. The molecular formula is C20H26N4O3. The minimum atomic E-state index is -0.679. The van der Waals surface area contributed by atoms with Crippen molar-refractivity contribution in [3.63, 3.8) is 0 Å². The van der Waals surface area contributed by atoms with E-state index in [-0.39, 0.29) is 0 Å². The number of aryl methyl sites for hydroxylation is 2. The lowest BCUT2D eigenvalue weighted by Crippen LogP contribution is -2.45. The number of hydrogen-bond donors (Lipinski definition) is 1. The highest BCUT2D eigenvalue weighted by molar-refractivity contribution is 5.36. The molecule has 144 valence electrons. The molecule has 0 amide bonds. The molecule has 1 N–H and O–H groups in total. The Bertz CT molecular complexity index is 855. The maximum Gasteiger partial charge on any atom is 0.161 e. The molecule has 0 fully saturated rings. The second-order valence-electron chi connectivity index (χ2n) is 6.64. The second kappa shape index (κ2) is 7.94. The van der Waals surface area contributed by atoms with Gasteiger partial charge in [0.15, 0.2) is 6.23 Å². The van der Waals surface area contributed by atoms with Crippen LogP contribution in [0.2, 0.25) is 0 Å². The van der Waals surface area contributed by atoms with Crippen molar-refractivity contribution in [2.75, 3.05) is 19.5 Å². The van der Waals surface area contributed by atoms with E-state index in [1.165, 1.54) is 0 Å². The molecule has 1 aromatic carbocycles. The summed E-state index contributed by atoms with van der Waals surface area (Å²) in [5, 5.41) is 11.9. The van der Waals surface area contributed by atoms with Gasteiger partial charge in [-0.15, -0.1) is 0 Å². The summed E-state index contributed by atoms with van der Waals surface area (Å²) < 4.78 is 18.6. The normalized spacial score (nSPS) is 14.7. The van der Waals surface area contributed by atoms with Crippen molar-refractivity contribution in [2.45, 2.75) is 39.1 Å². The van der Waals surface area contributed by atoms with Gasteiger partial charge in [0.05, 0.1) is 12.2 Å². The van der Waals surface area contributed by atoms with Crippen LogP contribution >= 0.6 is 0 Å². The second-order valence-corrected chi connectivity index (χ2v) is 6.64. The third kappa shape index (κ3) is 3.89. The number of methoxy groups -OCH3 is 2. The third-order valence-electron chi connectivity index (χ3n) is 4.93. The van der Waals surface area contributed by atoms with Gasteiger partial charge >= 0.3 is 0 Å². The van der Waals surface area contributed by atoms with Crippen LogP contribution < -0.4 is 5.32 Å². The van der Waals surface area contributed by atoms with Crippen molar-refractivity contribution in [3.8, 4) is 0 Å². The van der Waals surface area contributed by atoms with Crippen molar-refractivity contribution in [3.05, 3.63) is 65.2 Å². The Labute approximate surface area is 159 Å². The summed E-state index contributed by atoms with van der Waals surface area (Å²) in [6.45, 7) is 6.42. The molecule has 2 heterocycles. The van der Waals surface area contributed by atoms with Crippen molar-refractivity contribution in [2.24, 2.45) is 0 Å². The predicted molar refractivity (Wildman–Crippen MR) is 103 cm³/mol. The first-order valence-electron chi connectivity index (χ1n) is 8.83. The van der Waals surface area contributed by atoms with Crippen LogP contribution in [-0.4, -0.2) is 35.4 Å². The number of benzene rings is 1. The van der Waals surface area contributed by atoms with Crippen LogP contribution in [0.5, 0.6) is 0 Å². The smallest absolute Gasteiger partial charge is 0.161 e. The van der Waals surface area contributed by atoms with Gasteiger partial charge in [-0.3, -0.25) is 4.68 Å². The molecule has 0 bridgehead atoms. The lowest BCUT2D eigenvalue weighted by molar-refractivity contribution is -0.0993. The van der Waals surface area contributed by atoms with Crippen LogP contribution in [0.1, 0.15) is 29.5 Å². The quantitative estimate of drug-likeness (QED) is 0.612. The van der Waals surface area contributed by atoms with E-state index in [0.29, 0.717) is 12.4 Å². The SMILES string of the molecule is COC(Nc1ccn(Cc2c(C)noc2C)n1)C(C)(OC)c1ccccc1. The topological polar surface area (TPSA) is 74.3 Å². The van der Waals surface area contributed by atoms with Crippen LogP contribution in [0.3, 0.4) is 0 Å². The van der Waals surface area contributed by atoms with Gasteiger partial charge in [0, 0.05) is 32.0 Å². The molecule has 0 saturated heterocycles. The molecule has 3 aromatic rings. The first-order valence-corrected chi connectivity index (χ1v) is 8.83. The van der Waals surface area contributed by atoms with Gasteiger partial charge < -0.3 is 19.3 Å². The molecule has 0 aliphatic carbocycles. The first kappa shape index (κ1) is 19.1. The monoisotopic (exact) mass is 370 g/mol. The summed E-state index contributed by atoms with van der Waals surface area (Å²) in [4.78, 5) is 0. The van der Waals surface area contributed by atoms with Crippen LogP contribution in [0, 0.1) is 13.8 Å². The van der Waals surface area contributed by atoms with Gasteiger partial charge in [-0.1, -0.05) is 35.5 Å². The molecule has 27 heavy (non-hydrogen) atoms. The van der Waals surface area contributed by atoms with E-state index < -0.39 is 11.8 Å². The van der Waals surface area contributed by atoms with Crippen LogP contribution in [-0.2, 0) is 21.6 Å². The van der Waals surface area contributed by atoms with Gasteiger partial charge in [0.2, 0.25) is 0 Å². The third-order valence-corrected chi connectivity index (χ3v) is 4.93.